The number of benzene rings is 1. The Morgan fingerprint density at radius 1 is 1.47 bits per heavy atom. The van der Waals surface area contributed by atoms with Gasteiger partial charge in [0.2, 0.25) is 5.24 Å². The van der Waals surface area contributed by atoms with E-state index in [-0.39, 0.29) is 5.82 Å². The zero-order valence-corrected chi connectivity index (χ0v) is 9.28. The standard InChI is InChI=1S/C11H7ClFN3O/c12-9(17)4-5-10-14-11(16-15-10)7-2-1-3-8(13)6-7/h1-6H,(H,14,15,16)/b5-4-. The molecular weight excluding hydrogens is 245 g/mol. The Bertz CT molecular complexity index is 580. The third kappa shape index (κ3) is 2.98. The largest absolute Gasteiger partial charge is 0.276 e. The molecule has 1 aromatic heterocycles. The van der Waals surface area contributed by atoms with Gasteiger partial charge < -0.3 is 0 Å². The summed E-state index contributed by atoms with van der Waals surface area (Å²) in [7, 11) is 0. The van der Waals surface area contributed by atoms with Crippen molar-refractivity contribution in [2.75, 3.05) is 0 Å². The minimum Gasteiger partial charge on any atom is -0.276 e. The highest BCUT2D eigenvalue weighted by molar-refractivity contribution is 6.66. The molecular formula is C11H7ClFN3O. The van der Waals surface area contributed by atoms with Crippen molar-refractivity contribution < 1.29 is 9.18 Å². The van der Waals surface area contributed by atoms with Crippen LogP contribution in [0.4, 0.5) is 4.39 Å². The molecule has 6 heteroatoms. The van der Waals surface area contributed by atoms with Crippen LogP contribution < -0.4 is 0 Å². The monoisotopic (exact) mass is 251 g/mol. The molecule has 0 saturated heterocycles. The van der Waals surface area contributed by atoms with Crippen LogP contribution in [-0.4, -0.2) is 20.4 Å². The average Bonchev–Trinajstić information content (AvgIpc) is 2.75. The van der Waals surface area contributed by atoms with Gasteiger partial charge in [-0.05, 0) is 29.8 Å². The summed E-state index contributed by atoms with van der Waals surface area (Å²) in [4.78, 5) is 14.6. The second kappa shape index (κ2) is 4.88. The molecule has 0 atom stereocenters. The van der Waals surface area contributed by atoms with Crippen LogP contribution in [0.1, 0.15) is 5.82 Å². The van der Waals surface area contributed by atoms with Gasteiger partial charge in [-0.2, -0.15) is 5.10 Å². The third-order valence-electron chi connectivity index (χ3n) is 1.96. The maximum absolute atomic E-state index is 13.0. The molecule has 0 amide bonds. The van der Waals surface area contributed by atoms with E-state index in [4.69, 9.17) is 11.6 Å². The van der Waals surface area contributed by atoms with Gasteiger partial charge in [-0.25, -0.2) is 9.37 Å². The molecule has 1 heterocycles. The minimum atomic E-state index is -0.603. The van der Waals surface area contributed by atoms with Gasteiger partial charge in [0.1, 0.15) is 11.6 Å². The van der Waals surface area contributed by atoms with Crippen molar-refractivity contribution in [1.29, 1.82) is 0 Å². The smallest absolute Gasteiger partial charge is 0.245 e. The van der Waals surface area contributed by atoms with Crippen molar-refractivity contribution in [3.8, 4) is 11.4 Å². The van der Waals surface area contributed by atoms with Crippen molar-refractivity contribution in [1.82, 2.24) is 15.2 Å². The van der Waals surface area contributed by atoms with Gasteiger partial charge in [-0.15, -0.1) is 0 Å². The van der Waals surface area contributed by atoms with Crippen LogP contribution in [0.3, 0.4) is 0 Å². The Morgan fingerprint density at radius 2 is 2.29 bits per heavy atom. The molecule has 0 bridgehead atoms. The van der Waals surface area contributed by atoms with E-state index >= 15 is 0 Å². The number of carbonyl (C=O) groups is 1. The molecule has 2 aromatic rings. The first-order valence-electron chi connectivity index (χ1n) is 4.71. The summed E-state index contributed by atoms with van der Waals surface area (Å²) in [6.45, 7) is 0. The zero-order chi connectivity index (χ0) is 12.3. The Hall–Kier alpha value is -2.01. The number of halogens is 2. The zero-order valence-electron chi connectivity index (χ0n) is 8.52. The Morgan fingerprint density at radius 3 is 3.00 bits per heavy atom. The molecule has 0 unspecified atom stereocenters. The van der Waals surface area contributed by atoms with Crippen LogP contribution in [0.5, 0.6) is 0 Å². The second-order valence-electron chi connectivity index (χ2n) is 3.19. The molecule has 0 aliphatic heterocycles. The SMILES string of the molecule is O=C(Cl)/C=C\c1nc(-c2cccc(F)c2)n[nH]1. The first-order chi connectivity index (χ1) is 8.15. The maximum Gasteiger partial charge on any atom is 0.245 e. The number of hydrogen-bond acceptors (Lipinski definition) is 3. The molecule has 0 aliphatic rings. The Kier molecular flexibility index (Phi) is 3.30. The Labute approximate surface area is 101 Å². The van der Waals surface area contributed by atoms with Gasteiger partial charge in [-0.1, -0.05) is 12.1 Å². The molecule has 1 N–H and O–H groups in total. The van der Waals surface area contributed by atoms with Crippen LogP contribution in [0, 0.1) is 5.82 Å². The lowest BCUT2D eigenvalue weighted by molar-refractivity contribution is -0.107. The van der Waals surface area contributed by atoms with Gasteiger partial charge in [0.05, 0.1) is 0 Å². The third-order valence-corrected chi connectivity index (χ3v) is 2.08. The number of aromatic amines is 1. The predicted octanol–water partition coefficient (Wildman–Crippen LogP) is 2.39. The van der Waals surface area contributed by atoms with Crippen molar-refractivity contribution in [2.45, 2.75) is 0 Å². The van der Waals surface area contributed by atoms with Gasteiger partial charge >= 0.3 is 0 Å². The summed E-state index contributed by atoms with van der Waals surface area (Å²) in [6, 6.07) is 5.91. The number of allylic oxidation sites excluding steroid dienone is 1. The highest BCUT2D eigenvalue weighted by atomic mass is 35.5. The number of nitrogens with zero attached hydrogens (tertiary/aromatic N) is 2. The summed E-state index contributed by atoms with van der Waals surface area (Å²) >= 11 is 5.13. The van der Waals surface area contributed by atoms with Crippen molar-refractivity contribution in [3.63, 3.8) is 0 Å². The summed E-state index contributed by atoms with van der Waals surface area (Å²) < 4.78 is 13.0. The summed E-state index contributed by atoms with van der Waals surface area (Å²) in [5.74, 6) is 0.366. The van der Waals surface area contributed by atoms with E-state index < -0.39 is 5.24 Å². The lowest BCUT2D eigenvalue weighted by atomic mass is 10.2. The quantitative estimate of drug-likeness (QED) is 0.673. The summed E-state index contributed by atoms with van der Waals surface area (Å²) in [5, 5.41) is 5.89. The number of carbonyl (C=O) groups excluding carboxylic acids is 1. The number of rotatable bonds is 3. The van der Waals surface area contributed by atoms with E-state index in [1.54, 1.807) is 12.1 Å². The molecule has 0 saturated carbocycles. The lowest BCUT2D eigenvalue weighted by Gasteiger charge is -1.93. The molecule has 0 radical (unpaired) electrons. The number of nitrogens with one attached hydrogen (secondary N) is 1. The number of H-pyrrole nitrogens is 1. The molecule has 4 nitrogen and oxygen atoms in total. The van der Waals surface area contributed by atoms with Crippen molar-refractivity contribution >= 4 is 22.9 Å². The van der Waals surface area contributed by atoms with E-state index in [9.17, 15) is 9.18 Å². The maximum atomic E-state index is 13.0. The molecule has 2 rings (SSSR count). The number of hydrogen-bond donors (Lipinski definition) is 1. The lowest BCUT2D eigenvalue weighted by Crippen LogP contribution is -1.82. The van der Waals surface area contributed by atoms with Crippen LogP contribution >= 0.6 is 11.6 Å². The molecule has 86 valence electrons. The second-order valence-corrected chi connectivity index (χ2v) is 3.56. The fraction of sp³-hybridized carbons (Fsp3) is 0. The topological polar surface area (TPSA) is 58.6 Å². The highest BCUT2D eigenvalue weighted by Gasteiger charge is 2.04. The summed E-state index contributed by atoms with van der Waals surface area (Å²) in [5.41, 5.74) is 0.554. The Balaban J connectivity index is 2.27. The van der Waals surface area contributed by atoms with Crippen LogP contribution in [0.25, 0.3) is 17.5 Å². The van der Waals surface area contributed by atoms with E-state index in [0.29, 0.717) is 17.2 Å². The van der Waals surface area contributed by atoms with Crippen molar-refractivity contribution in [3.05, 3.63) is 42.0 Å². The fourth-order valence-electron chi connectivity index (χ4n) is 1.25. The van der Waals surface area contributed by atoms with E-state index in [2.05, 4.69) is 15.2 Å². The van der Waals surface area contributed by atoms with Gasteiger partial charge in [-0.3, -0.25) is 9.89 Å². The summed E-state index contributed by atoms with van der Waals surface area (Å²) in [6.07, 6.45) is 2.54. The highest BCUT2D eigenvalue weighted by Crippen LogP contribution is 2.15. The molecule has 1 aromatic carbocycles. The number of aromatic nitrogens is 3. The molecule has 0 aliphatic carbocycles. The van der Waals surface area contributed by atoms with E-state index in [0.717, 1.165) is 6.08 Å². The normalized spacial score (nSPS) is 10.9. The first-order valence-corrected chi connectivity index (χ1v) is 5.09. The van der Waals surface area contributed by atoms with E-state index in [1.807, 2.05) is 0 Å². The predicted molar refractivity (Wildman–Crippen MR) is 61.7 cm³/mol. The van der Waals surface area contributed by atoms with E-state index in [1.165, 1.54) is 18.2 Å². The van der Waals surface area contributed by atoms with Gasteiger partial charge in [0.25, 0.3) is 0 Å². The molecule has 0 spiro atoms. The fourth-order valence-corrected chi connectivity index (χ4v) is 1.31. The van der Waals surface area contributed by atoms with Crippen LogP contribution in [-0.2, 0) is 4.79 Å². The minimum absolute atomic E-state index is 0.353. The first kappa shape index (κ1) is 11.5. The van der Waals surface area contributed by atoms with Crippen LogP contribution in [0.15, 0.2) is 30.3 Å². The average molecular weight is 252 g/mol. The molecule has 17 heavy (non-hydrogen) atoms. The molecule has 0 fully saturated rings. The van der Waals surface area contributed by atoms with Gasteiger partial charge in [0, 0.05) is 11.6 Å². The van der Waals surface area contributed by atoms with Crippen LogP contribution in [0.2, 0.25) is 0 Å². The van der Waals surface area contributed by atoms with Crippen molar-refractivity contribution in [2.24, 2.45) is 0 Å². The van der Waals surface area contributed by atoms with Gasteiger partial charge in [0.15, 0.2) is 5.82 Å².